The minimum Gasteiger partial charge on any atom is -0.478 e. The van der Waals surface area contributed by atoms with E-state index < -0.39 is 10.9 Å². The Bertz CT molecular complexity index is 1190. The number of hydrogen-bond donors (Lipinski definition) is 2. The predicted molar refractivity (Wildman–Crippen MR) is 113 cm³/mol. The maximum absolute atomic E-state index is 11.6. The first-order valence-electron chi connectivity index (χ1n) is 9.51. The SMILES string of the molecule is Cc1ccc(CCc2ccc3c(c2)Oc2cc([N+](=O)[O-])cc(C(=O)O)c2N3)cc1C. The van der Waals surface area contributed by atoms with Crippen LogP contribution in [0, 0.1) is 24.0 Å². The van der Waals surface area contributed by atoms with Gasteiger partial charge < -0.3 is 15.2 Å². The quantitative estimate of drug-likeness (QED) is 0.334. The maximum Gasteiger partial charge on any atom is 0.338 e. The number of fused-ring (bicyclic) bond motifs is 2. The van der Waals surface area contributed by atoms with Gasteiger partial charge in [-0.2, -0.15) is 0 Å². The van der Waals surface area contributed by atoms with E-state index >= 15 is 0 Å². The summed E-state index contributed by atoms with van der Waals surface area (Å²) in [6, 6.07) is 14.4. The minimum atomic E-state index is -1.26. The molecule has 2 N–H and O–H groups in total. The summed E-state index contributed by atoms with van der Waals surface area (Å²) in [5.41, 5.74) is 5.13. The first-order chi connectivity index (χ1) is 14.3. The molecule has 0 saturated carbocycles. The number of nitrogens with one attached hydrogen (secondary N) is 1. The molecule has 0 fully saturated rings. The van der Waals surface area contributed by atoms with Crippen LogP contribution >= 0.6 is 0 Å². The van der Waals surface area contributed by atoms with E-state index in [0.29, 0.717) is 11.4 Å². The fourth-order valence-corrected chi connectivity index (χ4v) is 3.50. The fraction of sp³-hybridized carbons (Fsp3) is 0.174. The van der Waals surface area contributed by atoms with E-state index in [1.807, 2.05) is 18.2 Å². The van der Waals surface area contributed by atoms with Gasteiger partial charge in [0.2, 0.25) is 0 Å². The van der Waals surface area contributed by atoms with Crippen LogP contribution in [0.2, 0.25) is 0 Å². The molecule has 0 radical (unpaired) electrons. The summed E-state index contributed by atoms with van der Waals surface area (Å²) in [4.78, 5) is 22.1. The van der Waals surface area contributed by atoms with Crippen LogP contribution in [0.4, 0.5) is 17.1 Å². The lowest BCUT2D eigenvalue weighted by Crippen LogP contribution is -2.10. The molecule has 0 spiro atoms. The molecular weight excluding hydrogens is 384 g/mol. The molecule has 1 aliphatic rings. The van der Waals surface area contributed by atoms with Crippen LogP contribution in [0.3, 0.4) is 0 Å². The van der Waals surface area contributed by atoms with E-state index in [-0.39, 0.29) is 22.7 Å². The Labute approximate surface area is 173 Å². The minimum absolute atomic E-state index is 0.125. The zero-order chi connectivity index (χ0) is 21.4. The molecule has 0 unspecified atom stereocenters. The Kier molecular flexibility index (Phi) is 4.87. The highest BCUT2D eigenvalue weighted by Crippen LogP contribution is 2.45. The molecule has 1 aliphatic heterocycles. The molecule has 0 bridgehead atoms. The van der Waals surface area contributed by atoms with E-state index in [1.165, 1.54) is 22.8 Å². The third-order valence-electron chi connectivity index (χ3n) is 5.33. The Morgan fingerprint density at radius 1 is 1.00 bits per heavy atom. The molecule has 152 valence electrons. The molecule has 30 heavy (non-hydrogen) atoms. The van der Waals surface area contributed by atoms with Crippen LogP contribution in [0.5, 0.6) is 11.5 Å². The number of aryl methyl sites for hydroxylation is 4. The molecule has 4 rings (SSSR count). The highest BCUT2D eigenvalue weighted by atomic mass is 16.6. The molecule has 3 aromatic rings. The first-order valence-corrected chi connectivity index (χ1v) is 9.51. The van der Waals surface area contributed by atoms with Crippen molar-refractivity contribution in [1.82, 2.24) is 0 Å². The number of nitro groups is 1. The van der Waals surface area contributed by atoms with Crippen molar-refractivity contribution >= 4 is 23.0 Å². The van der Waals surface area contributed by atoms with Gasteiger partial charge in [0.15, 0.2) is 11.5 Å². The number of rotatable bonds is 5. The zero-order valence-electron chi connectivity index (χ0n) is 16.6. The van der Waals surface area contributed by atoms with E-state index in [0.717, 1.165) is 24.5 Å². The molecule has 7 nitrogen and oxygen atoms in total. The van der Waals surface area contributed by atoms with Gasteiger partial charge in [-0.15, -0.1) is 0 Å². The number of carboxylic acids is 1. The molecule has 0 aliphatic carbocycles. The lowest BCUT2D eigenvalue weighted by molar-refractivity contribution is -0.384. The second-order valence-corrected chi connectivity index (χ2v) is 7.40. The van der Waals surface area contributed by atoms with Crippen molar-refractivity contribution in [3.8, 4) is 11.5 Å². The van der Waals surface area contributed by atoms with Gasteiger partial charge in [-0.25, -0.2) is 4.79 Å². The molecule has 0 atom stereocenters. The summed E-state index contributed by atoms with van der Waals surface area (Å²) < 4.78 is 5.86. The average Bonchev–Trinajstić information content (AvgIpc) is 2.71. The molecule has 7 heteroatoms. The number of carboxylic acid groups (broad SMARTS) is 1. The smallest absolute Gasteiger partial charge is 0.338 e. The average molecular weight is 404 g/mol. The number of anilines is 2. The van der Waals surface area contributed by atoms with Crippen LogP contribution in [0.15, 0.2) is 48.5 Å². The summed E-state index contributed by atoms with van der Waals surface area (Å²) in [6.45, 7) is 4.18. The number of ether oxygens (including phenoxy) is 1. The highest BCUT2D eigenvalue weighted by molar-refractivity contribution is 5.99. The van der Waals surface area contributed by atoms with Crippen molar-refractivity contribution in [3.63, 3.8) is 0 Å². The van der Waals surface area contributed by atoms with Gasteiger partial charge in [0, 0.05) is 6.07 Å². The summed E-state index contributed by atoms with van der Waals surface area (Å²) in [7, 11) is 0. The van der Waals surface area contributed by atoms with Gasteiger partial charge in [0.25, 0.3) is 5.69 Å². The Hall–Kier alpha value is -3.87. The van der Waals surface area contributed by atoms with Crippen LogP contribution < -0.4 is 10.1 Å². The van der Waals surface area contributed by atoms with Crippen molar-refractivity contribution in [3.05, 3.63) is 86.5 Å². The van der Waals surface area contributed by atoms with E-state index in [9.17, 15) is 20.0 Å². The van der Waals surface area contributed by atoms with Gasteiger partial charge in [0.05, 0.1) is 27.9 Å². The van der Waals surface area contributed by atoms with Crippen molar-refractivity contribution in [2.75, 3.05) is 5.32 Å². The number of hydrogen-bond acceptors (Lipinski definition) is 5. The Morgan fingerprint density at radius 2 is 1.70 bits per heavy atom. The Morgan fingerprint density at radius 3 is 2.37 bits per heavy atom. The van der Waals surface area contributed by atoms with E-state index in [1.54, 1.807) is 0 Å². The van der Waals surface area contributed by atoms with Crippen LogP contribution in [0.25, 0.3) is 0 Å². The third-order valence-corrected chi connectivity index (χ3v) is 5.33. The largest absolute Gasteiger partial charge is 0.478 e. The van der Waals surface area contributed by atoms with Crippen molar-refractivity contribution in [1.29, 1.82) is 0 Å². The number of non-ortho nitro benzene ring substituents is 1. The van der Waals surface area contributed by atoms with Crippen molar-refractivity contribution in [2.45, 2.75) is 26.7 Å². The summed E-state index contributed by atoms with van der Waals surface area (Å²) in [5.74, 6) is -0.628. The number of carbonyl (C=O) groups is 1. The lowest BCUT2D eigenvalue weighted by Gasteiger charge is -2.23. The number of nitro benzene ring substituents is 1. The molecule has 0 aromatic heterocycles. The molecule has 0 amide bonds. The lowest BCUT2D eigenvalue weighted by atomic mass is 10.00. The van der Waals surface area contributed by atoms with E-state index in [4.69, 9.17) is 4.74 Å². The summed E-state index contributed by atoms with van der Waals surface area (Å²) in [5, 5.41) is 23.6. The monoisotopic (exact) mass is 404 g/mol. The summed E-state index contributed by atoms with van der Waals surface area (Å²) >= 11 is 0. The number of aromatic carboxylic acids is 1. The second-order valence-electron chi connectivity index (χ2n) is 7.40. The van der Waals surface area contributed by atoms with Crippen molar-refractivity contribution in [2.24, 2.45) is 0 Å². The highest BCUT2D eigenvalue weighted by Gasteiger charge is 2.26. The summed E-state index contributed by atoms with van der Waals surface area (Å²) in [6.07, 6.45) is 1.68. The maximum atomic E-state index is 11.6. The zero-order valence-corrected chi connectivity index (χ0v) is 16.6. The van der Waals surface area contributed by atoms with Gasteiger partial charge in [-0.05, 0) is 61.1 Å². The van der Waals surface area contributed by atoms with Gasteiger partial charge in [-0.3, -0.25) is 10.1 Å². The predicted octanol–water partition coefficient (Wildman–Crippen LogP) is 5.54. The van der Waals surface area contributed by atoms with Gasteiger partial charge in [0.1, 0.15) is 0 Å². The normalized spacial score (nSPS) is 11.7. The molecule has 1 heterocycles. The van der Waals surface area contributed by atoms with Gasteiger partial charge in [-0.1, -0.05) is 24.3 Å². The van der Waals surface area contributed by atoms with Crippen LogP contribution in [-0.4, -0.2) is 16.0 Å². The van der Waals surface area contributed by atoms with Crippen molar-refractivity contribution < 1.29 is 19.6 Å². The van der Waals surface area contributed by atoms with Gasteiger partial charge >= 0.3 is 5.97 Å². The second kappa shape index (κ2) is 7.51. The van der Waals surface area contributed by atoms with E-state index in [2.05, 4.69) is 37.4 Å². The molecule has 3 aromatic carbocycles. The molecular formula is C23H20N2O5. The molecule has 0 saturated heterocycles. The fourth-order valence-electron chi connectivity index (χ4n) is 3.50. The van der Waals surface area contributed by atoms with Crippen LogP contribution in [-0.2, 0) is 12.8 Å². The third kappa shape index (κ3) is 3.69. The van der Waals surface area contributed by atoms with Crippen LogP contribution in [0.1, 0.15) is 32.6 Å². The number of nitrogens with zero attached hydrogens (tertiary/aromatic N) is 1. The Balaban J connectivity index is 1.60. The topological polar surface area (TPSA) is 102 Å². The first kappa shape index (κ1) is 19.4. The standard InChI is InChI=1S/C23H20N2O5/c1-13-3-4-15(9-14(13)2)5-6-16-7-8-19-20(10-16)30-21-12-17(25(28)29)11-18(23(26)27)22(21)24-19/h3-4,7-12,24H,5-6H2,1-2H3,(H,26,27). The number of benzene rings is 3.